The van der Waals surface area contributed by atoms with E-state index in [-0.39, 0.29) is 31.0 Å². The SMILES string of the molecule is COc1cc2c(c3oc(=O)c(CCC(=O)NCCCO)c(C)c13)CCC(C)(C)O2. The van der Waals surface area contributed by atoms with Gasteiger partial charge in [-0.15, -0.1) is 0 Å². The van der Waals surface area contributed by atoms with Gasteiger partial charge in [0, 0.05) is 36.8 Å². The molecule has 0 saturated heterocycles. The maximum Gasteiger partial charge on any atom is 0.339 e. The molecule has 3 rings (SSSR count). The number of carbonyl (C=O) groups excluding carboxylic acids is 1. The molecule has 2 heterocycles. The first-order valence-corrected chi connectivity index (χ1v) is 10.00. The molecule has 1 amide bonds. The van der Waals surface area contributed by atoms with E-state index in [9.17, 15) is 9.59 Å². The van der Waals surface area contributed by atoms with Crippen LogP contribution in [0, 0.1) is 6.92 Å². The van der Waals surface area contributed by atoms with Gasteiger partial charge >= 0.3 is 5.63 Å². The van der Waals surface area contributed by atoms with E-state index in [0.717, 1.165) is 29.4 Å². The highest BCUT2D eigenvalue weighted by Crippen LogP contribution is 2.43. The van der Waals surface area contributed by atoms with E-state index in [1.165, 1.54) is 0 Å². The minimum atomic E-state index is -0.432. The fraction of sp³-hybridized carbons (Fsp3) is 0.545. The largest absolute Gasteiger partial charge is 0.496 e. The average Bonchev–Trinajstić information content (AvgIpc) is 2.66. The molecule has 0 atom stereocenters. The molecule has 1 aromatic heterocycles. The van der Waals surface area contributed by atoms with Crippen LogP contribution in [0.15, 0.2) is 15.3 Å². The van der Waals surface area contributed by atoms with Crippen LogP contribution in [0.25, 0.3) is 11.0 Å². The Morgan fingerprint density at radius 3 is 2.83 bits per heavy atom. The van der Waals surface area contributed by atoms with Gasteiger partial charge in [0.2, 0.25) is 5.91 Å². The Morgan fingerprint density at radius 2 is 2.14 bits per heavy atom. The molecule has 158 valence electrons. The molecule has 1 aliphatic heterocycles. The third-order valence-electron chi connectivity index (χ3n) is 5.42. The van der Waals surface area contributed by atoms with Gasteiger partial charge in [0.1, 0.15) is 22.7 Å². The molecule has 7 nitrogen and oxygen atoms in total. The predicted molar refractivity (Wildman–Crippen MR) is 110 cm³/mol. The van der Waals surface area contributed by atoms with Crippen molar-refractivity contribution in [1.82, 2.24) is 5.32 Å². The van der Waals surface area contributed by atoms with Gasteiger partial charge in [-0.2, -0.15) is 0 Å². The number of benzene rings is 1. The van der Waals surface area contributed by atoms with Gasteiger partial charge in [0.05, 0.1) is 12.5 Å². The lowest BCUT2D eigenvalue weighted by Gasteiger charge is -2.33. The summed E-state index contributed by atoms with van der Waals surface area (Å²) in [7, 11) is 1.58. The van der Waals surface area contributed by atoms with Crippen LogP contribution in [0.4, 0.5) is 0 Å². The van der Waals surface area contributed by atoms with E-state index in [1.54, 1.807) is 7.11 Å². The Bertz CT molecular complexity index is 976. The molecule has 1 aromatic carbocycles. The number of fused-ring (bicyclic) bond motifs is 3. The molecular formula is C22H29NO6. The number of rotatable bonds is 7. The molecule has 2 aromatic rings. The van der Waals surface area contributed by atoms with Crippen LogP contribution >= 0.6 is 0 Å². The molecule has 0 aliphatic carbocycles. The van der Waals surface area contributed by atoms with Crippen molar-refractivity contribution in [3.63, 3.8) is 0 Å². The minimum Gasteiger partial charge on any atom is -0.496 e. The number of nitrogens with one attached hydrogen (secondary N) is 1. The van der Waals surface area contributed by atoms with Gasteiger partial charge in [0.25, 0.3) is 0 Å². The molecule has 0 unspecified atom stereocenters. The standard InChI is InChI=1S/C22H29NO6/c1-13-14(6-7-18(25)23-10-5-11-24)21(26)28-20-15-8-9-22(2,3)29-16(15)12-17(27-4)19(13)20/h12,24H,5-11H2,1-4H3,(H,23,25). The van der Waals surface area contributed by atoms with E-state index in [0.29, 0.717) is 35.6 Å². The van der Waals surface area contributed by atoms with Crippen molar-refractivity contribution in [3.8, 4) is 11.5 Å². The Morgan fingerprint density at radius 1 is 1.38 bits per heavy atom. The lowest BCUT2D eigenvalue weighted by Crippen LogP contribution is -2.32. The van der Waals surface area contributed by atoms with Crippen molar-refractivity contribution in [1.29, 1.82) is 0 Å². The Labute approximate surface area is 170 Å². The molecule has 0 spiro atoms. The predicted octanol–water partition coefficient (Wildman–Crippen LogP) is 2.64. The van der Waals surface area contributed by atoms with Crippen LogP contribution in [0.2, 0.25) is 0 Å². The zero-order valence-electron chi connectivity index (χ0n) is 17.5. The average molecular weight is 403 g/mol. The van der Waals surface area contributed by atoms with Crippen LogP contribution in [0.3, 0.4) is 0 Å². The first-order valence-electron chi connectivity index (χ1n) is 10.00. The van der Waals surface area contributed by atoms with Gasteiger partial charge in [-0.1, -0.05) is 0 Å². The van der Waals surface area contributed by atoms with E-state index < -0.39 is 5.63 Å². The molecule has 29 heavy (non-hydrogen) atoms. The second kappa shape index (κ2) is 8.45. The second-order valence-electron chi connectivity index (χ2n) is 8.04. The van der Waals surface area contributed by atoms with Crippen LogP contribution in [0.5, 0.6) is 11.5 Å². The summed E-state index contributed by atoms with van der Waals surface area (Å²) in [6, 6.07) is 1.86. The number of amides is 1. The fourth-order valence-electron chi connectivity index (χ4n) is 3.77. The highest BCUT2D eigenvalue weighted by atomic mass is 16.5. The van der Waals surface area contributed by atoms with Crippen molar-refractivity contribution in [3.05, 3.63) is 33.2 Å². The van der Waals surface area contributed by atoms with Crippen LogP contribution in [0.1, 0.15) is 49.8 Å². The maximum absolute atomic E-state index is 12.7. The number of aliphatic hydroxyl groups is 1. The molecule has 0 saturated carbocycles. The molecule has 0 fully saturated rings. The van der Waals surface area contributed by atoms with E-state index in [1.807, 2.05) is 26.8 Å². The number of aliphatic hydroxyl groups excluding tert-OH is 1. The molecular weight excluding hydrogens is 374 g/mol. The molecule has 2 N–H and O–H groups in total. The van der Waals surface area contributed by atoms with E-state index in [2.05, 4.69) is 5.32 Å². The normalized spacial score (nSPS) is 14.9. The summed E-state index contributed by atoms with van der Waals surface area (Å²) in [5.41, 5.74) is 1.92. The van der Waals surface area contributed by atoms with Gasteiger partial charge in [-0.25, -0.2) is 4.79 Å². The minimum absolute atomic E-state index is 0.0265. The van der Waals surface area contributed by atoms with Crippen molar-refractivity contribution in [2.45, 2.75) is 58.5 Å². The summed E-state index contributed by atoms with van der Waals surface area (Å²) < 4.78 is 17.4. The van der Waals surface area contributed by atoms with Gasteiger partial charge < -0.3 is 24.3 Å². The topological polar surface area (TPSA) is 98.0 Å². The quantitative estimate of drug-likeness (QED) is 0.545. The van der Waals surface area contributed by atoms with Gasteiger partial charge in [-0.3, -0.25) is 4.79 Å². The fourth-order valence-corrected chi connectivity index (χ4v) is 3.77. The first-order chi connectivity index (χ1) is 13.8. The third kappa shape index (κ3) is 4.40. The van der Waals surface area contributed by atoms with E-state index in [4.69, 9.17) is 19.0 Å². The van der Waals surface area contributed by atoms with E-state index >= 15 is 0 Å². The zero-order chi connectivity index (χ0) is 21.2. The lowest BCUT2D eigenvalue weighted by atomic mass is 9.91. The zero-order valence-corrected chi connectivity index (χ0v) is 17.5. The molecule has 0 bridgehead atoms. The van der Waals surface area contributed by atoms with Crippen molar-refractivity contribution >= 4 is 16.9 Å². The number of aryl methyl sites for hydroxylation is 2. The number of hydrogen-bond acceptors (Lipinski definition) is 6. The first kappa shape index (κ1) is 21.2. The summed E-state index contributed by atoms with van der Waals surface area (Å²) in [6.45, 7) is 6.36. The summed E-state index contributed by atoms with van der Waals surface area (Å²) in [5, 5.41) is 12.3. The summed E-state index contributed by atoms with van der Waals surface area (Å²) in [6.07, 6.45) is 2.52. The van der Waals surface area contributed by atoms with Crippen molar-refractivity contribution < 1.29 is 23.8 Å². The summed E-state index contributed by atoms with van der Waals surface area (Å²) >= 11 is 0. The van der Waals surface area contributed by atoms with Crippen LogP contribution in [-0.2, 0) is 17.6 Å². The Kier molecular flexibility index (Phi) is 6.17. The molecule has 1 aliphatic rings. The second-order valence-corrected chi connectivity index (χ2v) is 8.04. The molecule has 0 radical (unpaired) electrons. The van der Waals surface area contributed by atoms with Crippen molar-refractivity contribution in [2.24, 2.45) is 0 Å². The molecule has 7 heteroatoms. The Hall–Kier alpha value is -2.54. The number of carbonyl (C=O) groups is 1. The smallest absolute Gasteiger partial charge is 0.339 e. The summed E-state index contributed by atoms with van der Waals surface area (Å²) in [4.78, 5) is 24.7. The number of ether oxygens (including phenoxy) is 2. The number of methoxy groups -OCH3 is 1. The number of hydrogen-bond donors (Lipinski definition) is 2. The monoisotopic (exact) mass is 403 g/mol. The lowest BCUT2D eigenvalue weighted by molar-refractivity contribution is -0.121. The highest BCUT2D eigenvalue weighted by molar-refractivity contribution is 5.92. The highest BCUT2D eigenvalue weighted by Gasteiger charge is 2.31. The Balaban J connectivity index is 1.98. The third-order valence-corrected chi connectivity index (χ3v) is 5.42. The van der Waals surface area contributed by atoms with Crippen LogP contribution < -0.4 is 20.4 Å². The summed E-state index contributed by atoms with van der Waals surface area (Å²) in [5.74, 6) is 1.11. The maximum atomic E-state index is 12.7. The van der Waals surface area contributed by atoms with Gasteiger partial charge in [0.15, 0.2) is 0 Å². The van der Waals surface area contributed by atoms with Crippen molar-refractivity contribution in [2.75, 3.05) is 20.3 Å². The van der Waals surface area contributed by atoms with Crippen LogP contribution in [-0.4, -0.2) is 36.9 Å². The van der Waals surface area contributed by atoms with Gasteiger partial charge in [-0.05, 0) is 52.0 Å².